The summed E-state index contributed by atoms with van der Waals surface area (Å²) >= 11 is 0. The lowest BCUT2D eigenvalue weighted by Gasteiger charge is -2.35. The predicted octanol–water partition coefficient (Wildman–Crippen LogP) is 2.77. The van der Waals surface area contributed by atoms with Gasteiger partial charge in [-0.1, -0.05) is 0 Å². The minimum absolute atomic E-state index is 0.0117. The Morgan fingerprint density at radius 1 is 1.15 bits per heavy atom. The van der Waals surface area contributed by atoms with Crippen LogP contribution >= 0.6 is 0 Å². The summed E-state index contributed by atoms with van der Waals surface area (Å²) in [7, 11) is 0. The molecule has 1 aliphatic rings. The molecule has 1 aromatic carbocycles. The first-order valence-electron chi connectivity index (χ1n) is 8.89. The van der Waals surface area contributed by atoms with Gasteiger partial charge in [0.15, 0.2) is 6.61 Å². The van der Waals surface area contributed by atoms with E-state index in [9.17, 15) is 9.59 Å². The van der Waals surface area contributed by atoms with Crippen LogP contribution in [0.1, 0.15) is 30.5 Å². The number of hydrogen-bond acceptors (Lipinski definition) is 5. The van der Waals surface area contributed by atoms with E-state index in [2.05, 4.69) is 0 Å². The van der Waals surface area contributed by atoms with Crippen LogP contribution in [0.3, 0.4) is 0 Å². The van der Waals surface area contributed by atoms with E-state index in [0.29, 0.717) is 13.1 Å². The normalized spacial score (nSPS) is 20.4. The van der Waals surface area contributed by atoms with Crippen molar-refractivity contribution in [1.29, 1.82) is 0 Å². The minimum Gasteiger partial charge on any atom is -0.464 e. The van der Waals surface area contributed by atoms with Crippen LogP contribution in [0.25, 0.3) is 11.0 Å². The van der Waals surface area contributed by atoms with Gasteiger partial charge in [0.2, 0.25) is 0 Å². The van der Waals surface area contributed by atoms with Crippen LogP contribution in [0.2, 0.25) is 0 Å². The van der Waals surface area contributed by atoms with E-state index < -0.39 is 5.97 Å². The van der Waals surface area contributed by atoms with Crippen LogP contribution in [0.15, 0.2) is 22.8 Å². The summed E-state index contributed by atoms with van der Waals surface area (Å²) < 4.78 is 16.3. The lowest BCUT2D eigenvalue weighted by atomic mass is 10.0. The molecule has 6 heteroatoms. The van der Waals surface area contributed by atoms with Crippen molar-refractivity contribution in [2.24, 2.45) is 0 Å². The van der Waals surface area contributed by atoms with E-state index in [4.69, 9.17) is 13.9 Å². The van der Waals surface area contributed by atoms with Crippen LogP contribution in [0, 0.1) is 13.8 Å². The van der Waals surface area contributed by atoms with Crippen LogP contribution < -0.4 is 0 Å². The standard InChI is InChI=1S/C20H25NO5/c1-12-5-17-16(10-24-18(17)6-13(12)2)7-20(23)25-11-19(22)21-8-14(3)26-15(4)9-21/h5-6,10,14-15H,7-9,11H2,1-4H3/t14-,15-/m0/s1. The van der Waals surface area contributed by atoms with E-state index in [-0.39, 0.29) is 31.1 Å². The Kier molecular flexibility index (Phi) is 5.32. The van der Waals surface area contributed by atoms with Gasteiger partial charge in [-0.05, 0) is 51.0 Å². The number of hydrogen-bond donors (Lipinski definition) is 0. The number of furan rings is 1. The number of aryl methyl sites for hydroxylation is 2. The zero-order valence-electron chi connectivity index (χ0n) is 15.7. The monoisotopic (exact) mass is 359 g/mol. The predicted molar refractivity (Wildman–Crippen MR) is 96.9 cm³/mol. The maximum atomic E-state index is 12.3. The SMILES string of the molecule is Cc1cc2occ(CC(=O)OCC(=O)N3C[C@H](C)O[C@@H](C)C3)c2cc1C. The number of carbonyl (C=O) groups is 2. The third kappa shape index (κ3) is 4.07. The number of ether oxygens (including phenoxy) is 2. The van der Waals surface area contributed by atoms with Gasteiger partial charge in [-0.15, -0.1) is 0 Å². The maximum Gasteiger partial charge on any atom is 0.310 e. The smallest absolute Gasteiger partial charge is 0.310 e. The fourth-order valence-corrected chi connectivity index (χ4v) is 3.29. The molecule has 2 aromatic rings. The minimum atomic E-state index is -0.436. The van der Waals surface area contributed by atoms with Crippen molar-refractivity contribution in [1.82, 2.24) is 4.90 Å². The fourth-order valence-electron chi connectivity index (χ4n) is 3.29. The van der Waals surface area contributed by atoms with E-state index in [1.165, 1.54) is 0 Å². The molecule has 0 spiro atoms. The summed E-state index contributed by atoms with van der Waals surface area (Å²) in [6.07, 6.45) is 1.64. The summed E-state index contributed by atoms with van der Waals surface area (Å²) in [6.45, 7) is 8.69. The first kappa shape index (κ1) is 18.5. The van der Waals surface area contributed by atoms with Crippen molar-refractivity contribution in [3.63, 3.8) is 0 Å². The molecule has 0 unspecified atom stereocenters. The lowest BCUT2D eigenvalue weighted by molar-refractivity contribution is -0.156. The van der Waals surface area contributed by atoms with Crippen LogP contribution in [-0.4, -0.2) is 48.7 Å². The van der Waals surface area contributed by atoms with Crippen molar-refractivity contribution < 1.29 is 23.5 Å². The molecule has 1 aromatic heterocycles. The molecule has 0 saturated carbocycles. The molecule has 0 radical (unpaired) electrons. The summed E-state index contributed by atoms with van der Waals surface area (Å²) in [5.74, 6) is -0.627. The second kappa shape index (κ2) is 7.50. The van der Waals surface area contributed by atoms with Crippen molar-refractivity contribution in [3.05, 3.63) is 35.1 Å². The molecular formula is C20H25NO5. The summed E-state index contributed by atoms with van der Waals surface area (Å²) in [6, 6.07) is 3.97. The second-order valence-electron chi connectivity index (χ2n) is 7.09. The number of esters is 1. The highest BCUT2D eigenvalue weighted by molar-refractivity contribution is 5.87. The highest BCUT2D eigenvalue weighted by Crippen LogP contribution is 2.25. The fraction of sp³-hybridized carbons (Fsp3) is 0.500. The molecule has 0 bridgehead atoms. The van der Waals surface area contributed by atoms with Gasteiger partial charge in [0, 0.05) is 24.0 Å². The van der Waals surface area contributed by atoms with Gasteiger partial charge in [0.1, 0.15) is 5.58 Å². The molecule has 1 amide bonds. The summed E-state index contributed by atoms with van der Waals surface area (Å²) in [5.41, 5.74) is 3.80. The average Bonchev–Trinajstić information content (AvgIpc) is 2.94. The second-order valence-corrected chi connectivity index (χ2v) is 7.09. The van der Waals surface area contributed by atoms with Crippen LogP contribution in [-0.2, 0) is 25.5 Å². The van der Waals surface area contributed by atoms with E-state index in [1.54, 1.807) is 11.2 Å². The topological polar surface area (TPSA) is 69.0 Å². The van der Waals surface area contributed by atoms with E-state index in [0.717, 1.165) is 27.7 Å². The molecule has 1 fully saturated rings. The average molecular weight is 359 g/mol. The molecule has 0 N–H and O–H groups in total. The van der Waals surface area contributed by atoms with Gasteiger partial charge in [-0.3, -0.25) is 9.59 Å². The Labute approximate surface area is 153 Å². The highest BCUT2D eigenvalue weighted by atomic mass is 16.5. The Balaban J connectivity index is 1.58. The lowest BCUT2D eigenvalue weighted by Crippen LogP contribution is -2.49. The molecule has 2 heterocycles. The zero-order chi connectivity index (χ0) is 18.8. The number of rotatable bonds is 4. The Bertz CT molecular complexity index is 815. The van der Waals surface area contributed by atoms with Gasteiger partial charge in [0.05, 0.1) is 24.9 Å². The number of fused-ring (bicyclic) bond motifs is 1. The number of benzene rings is 1. The molecule has 2 atom stereocenters. The van der Waals surface area contributed by atoms with Crippen LogP contribution in [0.4, 0.5) is 0 Å². The van der Waals surface area contributed by atoms with Crippen molar-refractivity contribution in [3.8, 4) is 0 Å². The molecule has 3 rings (SSSR count). The molecule has 6 nitrogen and oxygen atoms in total. The van der Waals surface area contributed by atoms with Gasteiger partial charge in [0.25, 0.3) is 5.91 Å². The Hall–Kier alpha value is -2.34. The van der Waals surface area contributed by atoms with Crippen molar-refractivity contribution >= 4 is 22.8 Å². The first-order chi connectivity index (χ1) is 12.3. The van der Waals surface area contributed by atoms with Gasteiger partial charge >= 0.3 is 5.97 Å². The molecule has 1 saturated heterocycles. The summed E-state index contributed by atoms with van der Waals surface area (Å²) in [5, 5.41) is 0.909. The van der Waals surface area contributed by atoms with Gasteiger partial charge in [-0.25, -0.2) is 0 Å². The number of nitrogens with zero attached hydrogens (tertiary/aromatic N) is 1. The van der Waals surface area contributed by atoms with E-state index >= 15 is 0 Å². The van der Waals surface area contributed by atoms with Crippen molar-refractivity contribution in [2.45, 2.75) is 46.3 Å². The Morgan fingerprint density at radius 2 is 1.81 bits per heavy atom. The third-order valence-electron chi connectivity index (χ3n) is 4.73. The quantitative estimate of drug-likeness (QED) is 0.785. The van der Waals surface area contributed by atoms with E-state index in [1.807, 2.05) is 39.8 Å². The number of carbonyl (C=O) groups excluding carboxylic acids is 2. The summed E-state index contributed by atoms with van der Waals surface area (Å²) in [4.78, 5) is 26.1. The molecule has 1 aliphatic heterocycles. The van der Waals surface area contributed by atoms with Crippen LogP contribution in [0.5, 0.6) is 0 Å². The third-order valence-corrected chi connectivity index (χ3v) is 4.73. The molecule has 26 heavy (non-hydrogen) atoms. The Morgan fingerprint density at radius 3 is 2.50 bits per heavy atom. The molecule has 140 valence electrons. The zero-order valence-corrected chi connectivity index (χ0v) is 15.7. The molecule has 0 aliphatic carbocycles. The molecular weight excluding hydrogens is 334 g/mol. The first-order valence-corrected chi connectivity index (χ1v) is 8.89. The maximum absolute atomic E-state index is 12.3. The largest absolute Gasteiger partial charge is 0.464 e. The number of morpholine rings is 1. The highest BCUT2D eigenvalue weighted by Gasteiger charge is 2.26. The van der Waals surface area contributed by atoms with Gasteiger partial charge in [-0.2, -0.15) is 0 Å². The van der Waals surface area contributed by atoms with Crippen molar-refractivity contribution in [2.75, 3.05) is 19.7 Å². The number of amides is 1. The van der Waals surface area contributed by atoms with Gasteiger partial charge < -0.3 is 18.8 Å².